The van der Waals surface area contributed by atoms with Crippen molar-refractivity contribution >= 4 is 45.3 Å². The summed E-state index contributed by atoms with van der Waals surface area (Å²) in [6, 6.07) is 7.60. The van der Waals surface area contributed by atoms with Gasteiger partial charge in [-0.15, -0.1) is 0 Å². The molecule has 1 amide bonds. The molecule has 9 heteroatoms. The second kappa shape index (κ2) is 8.11. The minimum Gasteiger partial charge on any atom is -0.360 e. The summed E-state index contributed by atoms with van der Waals surface area (Å²) in [5.74, 6) is 0.747. The van der Waals surface area contributed by atoms with Crippen LogP contribution in [0.3, 0.4) is 0 Å². The number of nitrogens with zero attached hydrogens (tertiary/aromatic N) is 5. The van der Waals surface area contributed by atoms with Gasteiger partial charge in [0.2, 0.25) is 5.91 Å². The number of pyridine rings is 1. The smallest absolute Gasteiger partial charge is 0.228 e. The molecule has 0 aliphatic carbocycles. The molecule has 4 aromatic rings. The molecule has 0 bridgehead atoms. The molecule has 1 unspecified atom stereocenters. The van der Waals surface area contributed by atoms with Gasteiger partial charge in [-0.25, -0.2) is 15.0 Å². The van der Waals surface area contributed by atoms with Gasteiger partial charge in [-0.3, -0.25) is 9.78 Å². The summed E-state index contributed by atoms with van der Waals surface area (Å²) in [6.45, 7) is 3.64. The first-order valence-corrected chi connectivity index (χ1v) is 10.7. The van der Waals surface area contributed by atoms with Gasteiger partial charge in [-0.2, -0.15) is 0 Å². The van der Waals surface area contributed by atoms with Crippen molar-refractivity contribution in [2.45, 2.75) is 32.2 Å². The molecule has 1 aliphatic heterocycles. The Balaban J connectivity index is 1.51. The van der Waals surface area contributed by atoms with E-state index < -0.39 is 0 Å². The summed E-state index contributed by atoms with van der Waals surface area (Å²) in [6.07, 6.45) is 5.42. The van der Waals surface area contributed by atoms with Crippen LogP contribution in [-0.2, 0) is 11.2 Å². The average Bonchev–Trinajstić information content (AvgIpc) is 3.46. The highest BCUT2D eigenvalue weighted by atomic mass is 35.5. The van der Waals surface area contributed by atoms with Crippen molar-refractivity contribution in [1.29, 1.82) is 0 Å². The van der Waals surface area contributed by atoms with Crippen molar-refractivity contribution in [3.05, 3.63) is 53.3 Å². The van der Waals surface area contributed by atoms with E-state index in [9.17, 15) is 4.79 Å². The Morgan fingerprint density at radius 3 is 2.94 bits per heavy atom. The number of carbonyl (C=O) groups excluding carboxylic acids is 1. The third kappa shape index (κ3) is 3.79. The van der Waals surface area contributed by atoms with Gasteiger partial charge in [0.15, 0.2) is 11.5 Å². The number of nitrogens with one attached hydrogen (secondary N) is 2. The zero-order valence-corrected chi connectivity index (χ0v) is 17.9. The first-order chi connectivity index (χ1) is 15.1. The lowest BCUT2D eigenvalue weighted by molar-refractivity contribution is -0.129. The first-order valence-electron chi connectivity index (χ1n) is 10.4. The zero-order chi connectivity index (χ0) is 21.4. The number of aromatic amines is 1. The van der Waals surface area contributed by atoms with E-state index in [1.165, 1.54) is 6.33 Å². The summed E-state index contributed by atoms with van der Waals surface area (Å²) < 4.78 is 0. The van der Waals surface area contributed by atoms with Crippen LogP contribution in [0, 0.1) is 0 Å². The zero-order valence-electron chi connectivity index (χ0n) is 17.1. The quantitative estimate of drug-likeness (QED) is 0.493. The number of anilines is 1. The number of H-pyrrole nitrogens is 1. The maximum atomic E-state index is 12.9. The molecule has 1 fully saturated rings. The molecule has 0 spiro atoms. The topological polar surface area (TPSA) is 99.7 Å². The molecule has 158 valence electrons. The standard InChI is InChI=1S/C22H22ClN7O/c1-13(28-22-20-21(25-11-24-20)26-12-27-22)16-9-14-5-4-6-15(23)19(14)17(29-16)10-18(31)30-7-2-3-8-30/h4-6,9,11-13H,2-3,7-8,10H2,1H3,(H2,24,25,26,27,28). The van der Waals surface area contributed by atoms with Gasteiger partial charge in [0.25, 0.3) is 0 Å². The van der Waals surface area contributed by atoms with Crippen LogP contribution in [0.2, 0.25) is 5.02 Å². The Bertz CT molecular complexity index is 1270. The van der Waals surface area contributed by atoms with E-state index in [0.29, 0.717) is 22.2 Å². The van der Waals surface area contributed by atoms with Crippen LogP contribution in [0.15, 0.2) is 36.9 Å². The Hall–Kier alpha value is -3.26. The molecule has 31 heavy (non-hydrogen) atoms. The van der Waals surface area contributed by atoms with Crippen LogP contribution in [0.25, 0.3) is 21.9 Å². The molecule has 1 aromatic carbocycles. The van der Waals surface area contributed by atoms with Crippen molar-refractivity contribution < 1.29 is 4.79 Å². The molecular weight excluding hydrogens is 414 g/mol. The van der Waals surface area contributed by atoms with E-state index >= 15 is 0 Å². The van der Waals surface area contributed by atoms with Gasteiger partial charge < -0.3 is 15.2 Å². The molecule has 1 saturated heterocycles. The van der Waals surface area contributed by atoms with E-state index in [1.807, 2.05) is 36.1 Å². The number of fused-ring (bicyclic) bond motifs is 2. The Morgan fingerprint density at radius 1 is 1.26 bits per heavy atom. The summed E-state index contributed by atoms with van der Waals surface area (Å²) >= 11 is 6.51. The first kappa shape index (κ1) is 19.7. The van der Waals surface area contributed by atoms with E-state index in [0.717, 1.165) is 47.9 Å². The van der Waals surface area contributed by atoms with Crippen LogP contribution < -0.4 is 5.32 Å². The van der Waals surface area contributed by atoms with Crippen LogP contribution in [-0.4, -0.2) is 48.8 Å². The molecule has 3 aromatic heterocycles. The monoisotopic (exact) mass is 435 g/mol. The van der Waals surface area contributed by atoms with Gasteiger partial charge in [0.05, 0.1) is 35.2 Å². The fourth-order valence-corrected chi connectivity index (χ4v) is 4.38. The minimum atomic E-state index is -0.162. The number of carbonyl (C=O) groups is 1. The number of amides is 1. The van der Waals surface area contributed by atoms with E-state index in [4.69, 9.17) is 16.6 Å². The van der Waals surface area contributed by atoms with Crippen molar-refractivity contribution in [3.8, 4) is 0 Å². The van der Waals surface area contributed by atoms with Crippen LogP contribution in [0.1, 0.15) is 37.2 Å². The highest BCUT2D eigenvalue weighted by Crippen LogP contribution is 2.30. The minimum absolute atomic E-state index is 0.0963. The highest BCUT2D eigenvalue weighted by Gasteiger charge is 2.22. The average molecular weight is 436 g/mol. The predicted molar refractivity (Wildman–Crippen MR) is 120 cm³/mol. The van der Waals surface area contributed by atoms with Gasteiger partial charge in [0, 0.05) is 18.5 Å². The lowest BCUT2D eigenvalue weighted by Gasteiger charge is -2.19. The van der Waals surface area contributed by atoms with Crippen molar-refractivity contribution in [3.63, 3.8) is 0 Å². The van der Waals surface area contributed by atoms with E-state index in [2.05, 4.69) is 25.3 Å². The van der Waals surface area contributed by atoms with Crippen LogP contribution in [0.5, 0.6) is 0 Å². The molecule has 8 nitrogen and oxygen atoms in total. The maximum absolute atomic E-state index is 12.9. The normalized spacial score (nSPS) is 15.0. The molecule has 1 atom stereocenters. The summed E-state index contributed by atoms with van der Waals surface area (Å²) in [7, 11) is 0. The fraction of sp³-hybridized carbons (Fsp3) is 0.318. The Labute approximate surface area is 184 Å². The molecule has 2 N–H and O–H groups in total. The van der Waals surface area contributed by atoms with Gasteiger partial charge in [-0.05, 0) is 37.3 Å². The maximum Gasteiger partial charge on any atom is 0.228 e. The Kier molecular flexibility index (Phi) is 5.15. The lowest BCUT2D eigenvalue weighted by Crippen LogP contribution is -2.29. The molecule has 5 rings (SSSR count). The number of halogens is 1. The fourth-order valence-electron chi connectivity index (χ4n) is 4.09. The molecular formula is C22H22ClN7O. The molecule has 0 saturated carbocycles. The number of hydrogen-bond donors (Lipinski definition) is 2. The summed E-state index contributed by atoms with van der Waals surface area (Å²) in [4.78, 5) is 35.4. The third-order valence-electron chi connectivity index (χ3n) is 5.70. The number of hydrogen-bond acceptors (Lipinski definition) is 6. The van der Waals surface area contributed by atoms with Crippen LogP contribution >= 0.6 is 11.6 Å². The SMILES string of the molecule is CC(Nc1ncnc2nc[nH]c12)c1cc2cccc(Cl)c2c(CC(=O)N2CCCC2)n1. The van der Waals surface area contributed by atoms with Crippen molar-refractivity contribution in [2.75, 3.05) is 18.4 Å². The van der Waals surface area contributed by atoms with Crippen LogP contribution in [0.4, 0.5) is 5.82 Å². The largest absolute Gasteiger partial charge is 0.360 e. The van der Waals surface area contributed by atoms with Gasteiger partial charge in [-0.1, -0.05) is 23.7 Å². The molecule has 1 aliphatic rings. The second-order valence-corrected chi connectivity index (χ2v) is 8.19. The number of aromatic nitrogens is 5. The number of imidazole rings is 1. The van der Waals surface area contributed by atoms with E-state index in [-0.39, 0.29) is 18.4 Å². The highest BCUT2D eigenvalue weighted by molar-refractivity contribution is 6.35. The number of likely N-dealkylation sites (tertiary alicyclic amines) is 1. The molecule has 4 heterocycles. The number of benzene rings is 1. The number of rotatable bonds is 5. The third-order valence-corrected chi connectivity index (χ3v) is 6.01. The summed E-state index contributed by atoms with van der Waals surface area (Å²) in [5, 5.41) is 5.80. The summed E-state index contributed by atoms with van der Waals surface area (Å²) in [5.41, 5.74) is 2.85. The second-order valence-electron chi connectivity index (χ2n) is 7.79. The van der Waals surface area contributed by atoms with Crippen molar-refractivity contribution in [2.24, 2.45) is 0 Å². The Morgan fingerprint density at radius 2 is 2.10 bits per heavy atom. The van der Waals surface area contributed by atoms with E-state index in [1.54, 1.807) is 6.33 Å². The van der Waals surface area contributed by atoms with Gasteiger partial charge >= 0.3 is 0 Å². The predicted octanol–water partition coefficient (Wildman–Crippen LogP) is 3.89. The van der Waals surface area contributed by atoms with Crippen molar-refractivity contribution in [1.82, 2.24) is 29.8 Å². The molecule has 0 radical (unpaired) electrons. The lowest BCUT2D eigenvalue weighted by atomic mass is 10.0. The van der Waals surface area contributed by atoms with Gasteiger partial charge in [0.1, 0.15) is 11.8 Å².